The van der Waals surface area contributed by atoms with E-state index in [0.29, 0.717) is 11.4 Å². The van der Waals surface area contributed by atoms with Gasteiger partial charge in [-0.05, 0) is 24.6 Å². The number of anilines is 1. The Balaban J connectivity index is 1.50. The Kier molecular flexibility index (Phi) is 7.43. The number of carbonyl (C=O) groups excluding carboxylic acids is 4. The molecule has 0 unspecified atom stereocenters. The minimum atomic E-state index is -1.19. The fourth-order valence-corrected chi connectivity index (χ4v) is 3.31. The number of ether oxygens (including phenoxy) is 2. The molecule has 1 fully saturated rings. The van der Waals surface area contributed by atoms with E-state index in [9.17, 15) is 19.2 Å². The lowest BCUT2D eigenvalue weighted by atomic mass is 10.1. The number of para-hydroxylation sites is 2. The van der Waals surface area contributed by atoms with E-state index in [0.717, 1.165) is 5.56 Å². The van der Waals surface area contributed by atoms with E-state index in [-0.39, 0.29) is 25.4 Å². The Morgan fingerprint density at radius 2 is 1.78 bits per heavy atom. The molecule has 1 aliphatic rings. The van der Waals surface area contributed by atoms with Crippen molar-refractivity contribution in [3.05, 3.63) is 60.2 Å². The highest BCUT2D eigenvalue weighted by atomic mass is 16.5. The number of urea groups is 1. The summed E-state index contributed by atoms with van der Waals surface area (Å²) in [5, 5.41) is 4.70. The van der Waals surface area contributed by atoms with Crippen molar-refractivity contribution in [2.75, 3.05) is 18.6 Å². The van der Waals surface area contributed by atoms with Gasteiger partial charge in [0.2, 0.25) is 5.91 Å². The van der Waals surface area contributed by atoms with Crippen LogP contribution in [0.2, 0.25) is 0 Å². The second kappa shape index (κ2) is 10.4. The normalized spacial score (nSPS) is 16.2. The van der Waals surface area contributed by atoms with Crippen molar-refractivity contribution in [2.45, 2.75) is 26.0 Å². The number of nitrogens with zero attached hydrogens (tertiary/aromatic N) is 1. The van der Waals surface area contributed by atoms with Crippen LogP contribution in [-0.2, 0) is 25.7 Å². The van der Waals surface area contributed by atoms with Gasteiger partial charge >= 0.3 is 12.0 Å². The van der Waals surface area contributed by atoms with Crippen molar-refractivity contribution in [1.82, 2.24) is 10.6 Å². The maximum absolute atomic E-state index is 12.5. The molecule has 0 spiro atoms. The molecule has 3 rings (SSSR count). The minimum absolute atomic E-state index is 0.0389. The van der Waals surface area contributed by atoms with Crippen LogP contribution in [-0.4, -0.2) is 43.6 Å². The first-order valence-electron chi connectivity index (χ1n) is 10.2. The van der Waals surface area contributed by atoms with Crippen LogP contribution in [0.3, 0.4) is 0 Å². The Hall–Kier alpha value is -3.88. The van der Waals surface area contributed by atoms with Gasteiger partial charge in [0.15, 0.2) is 6.10 Å². The molecule has 1 heterocycles. The van der Waals surface area contributed by atoms with Gasteiger partial charge in [-0.15, -0.1) is 0 Å². The van der Waals surface area contributed by atoms with Crippen LogP contribution < -0.4 is 20.3 Å². The number of hydrogen-bond donors (Lipinski definition) is 2. The predicted molar refractivity (Wildman–Crippen MR) is 116 cm³/mol. The largest absolute Gasteiger partial charge is 0.495 e. The standard InChI is InChI=1S/C23H25N3O6/c1-15(21(28)25-23(30)24-13-16-8-4-3-5-9-16)32-22(29)17-12-20(27)26(14-17)18-10-6-7-11-19(18)31-2/h3-11,15,17H,12-14H2,1-2H3,(H2,24,25,28,30)/t15-,17+/m1/s1. The van der Waals surface area contributed by atoms with Crippen LogP contribution >= 0.6 is 0 Å². The maximum Gasteiger partial charge on any atom is 0.321 e. The summed E-state index contributed by atoms with van der Waals surface area (Å²) in [4.78, 5) is 50.6. The number of nitrogens with one attached hydrogen (secondary N) is 2. The molecule has 1 aliphatic heterocycles. The van der Waals surface area contributed by atoms with Gasteiger partial charge in [0, 0.05) is 19.5 Å². The van der Waals surface area contributed by atoms with Crippen LogP contribution in [0, 0.1) is 5.92 Å². The first kappa shape index (κ1) is 22.8. The van der Waals surface area contributed by atoms with Gasteiger partial charge in [0.25, 0.3) is 5.91 Å². The van der Waals surface area contributed by atoms with Gasteiger partial charge in [0.1, 0.15) is 5.75 Å². The lowest BCUT2D eigenvalue weighted by Gasteiger charge is -2.19. The highest BCUT2D eigenvalue weighted by Gasteiger charge is 2.38. The molecule has 2 aromatic carbocycles. The molecule has 0 aliphatic carbocycles. The monoisotopic (exact) mass is 439 g/mol. The zero-order valence-electron chi connectivity index (χ0n) is 17.9. The predicted octanol–water partition coefficient (Wildman–Crippen LogP) is 2.01. The van der Waals surface area contributed by atoms with E-state index < -0.39 is 29.9 Å². The van der Waals surface area contributed by atoms with Gasteiger partial charge in [-0.2, -0.15) is 0 Å². The second-order valence-electron chi connectivity index (χ2n) is 7.31. The summed E-state index contributed by atoms with van der Waals surface area (Å²) >= 11 is 0. The number of benzene rings is 2. The summed E-state index contributed by atoms with van der Waals surface area (Å²) in [5.74, 6) is -1.88. The molecule has 9 nitrogen and oxygen atoms in total. The zero-order chi connectivity index (χ0) is 23.1. The number of rotatable bonds is 7. The van der Waals surface area contributed by atoms with Crippen molar-refractivity contribution in [2.24, 2.45) is 5.92 Å². The van der Waals surface area contributed by atoms with E-state index >= 15 is 0 Å². The van der Waals surface area contributed by atoms with Crippen molar-refractivity contribution >= 4 is 29.5 Å². The van der Waals surface area contributed by atoms with Gasteiger partial charge in [-0.3, -0.25) is 19.7 Å². The third-order valence-corrected chi connectivity index (χ3v) is 5.03. The SMILES string of the molecule is COc1ccccc1N1C[C@@H](C(=O)O[C@H](C)C(=O)NC(=O)NCc2ccccc2)CC1=O. The van der Waals surface area contributed by atoms with Crippen molar-refractivity contribution in [3.8, 4) is 5.75 Å². The van der Waals surface area contributed by atoms with Gasteiger partial charge in [0.05, 0.1) is 18.7 Å². The average Bonchev–Trinajstić information content (AvgIpc) is 3.19. The first-order chi connectivity index (χ1) is 15.4. The van der Waals surface area contributed by atoms with Crippen molar-refractivity contribution in [3.63, 3.8) is 0 Å². The number of hydrogen-bond acceptors (Lipinski definition) is 6. The summed E-state index contributed by atoms with van der Waals surface area (Å²) in [5.41, 5.74) is 1.44. The Morgan fingerprint density at radius 3 is 2.50 bits per heavy atom. The summed E-state index contributed by atoms with van der Waals surface area (Å²) in [6, 6.07) is 15.5. The van der Waals surface area contributed by atoms with Crippen molar-refractivity contribution in [1.29, 1.82) is 0 Å². The van der Waals surface area contributed by atoms with Crippen LogP contribution in [0.5, 0.6) is 5.75 Å². The molecule has 1 saturated heterocycles. The number of methoxy groups -OCH3 is 1. The summed E-state index contributed by atoms with van der Waals surface area (Å²) < 4.78 is 10.5. The lowest BCUT2D eigenvalue weighted by molar-refractivity contribution is -0.158. The molecule has 0 radical (unpaired) electrons. The third kappa shape index (κ3) is 5.63. The van der Waals surface area contributed by atoms with E-state index in [1.165, 1.54) is 18.9 Å². The molecule has 0 bridgehead atoms. The molecule has 2 aromatic rings. The maximum atomic E-state index is 12.5. The molecule has 32 heavy (non-hydrogen) atoms. The molecule has 0 saturated carbocycles. The van der Waals surface area contributed by atoms with Crippen LogP contribution in [0.15, 0.2) is 54.6 Å². The second-order valence-corrected chi connectivity index (χ2v) is 7.31. The van der Waals surface area contributed by atoms with Gasteiger partial charge in [-0.1, -0.05) is 42.5 Å². The van der Waals surface area contributed by atoms with Crippen molar-refractivity contribution < 1.29 is 28.7 Å². The fraction of sp³-hybridized carbons (Fsp3) is 0.304. The first-order valence-corrected chi connectivity index (χ1v) is 10.2. The third-order valence-electron chi connectivity index (χ3n) is 5.03. The van der Waals surface area contributed by atoms with E-state index in [1.54, 1.807) is 24.3 Å². The highest BCUT2D eigenvalue weighted by Crippen LogP contribution is 2.33. The fourth-order valence-electron chi connectivity index (χ4n) is 3.31. The van der Waals surface area contributed by atoms with Gasteiger partial charge in [-0.25, -0.2) is 4.79 Å². The quantitative estimate of drug-likeness (QED) is 0.638. The molecule has 2 atom stereocenters. The number of carbonyl (C=O) groups is 4. The smallest absolute Gasteiger partial charge is 0.321 e. The topological polar surface area (TPSA) is 114 Å². The van der Waals surface area contributed by atoms with E-state index in [2.05, 4.69) is 10.6 Å². The lowest BCUT2D eigenvalue weighted by Crippen LogP contribution is -2.45. The highest BCUT2D eigenvalue weighted by molar-refractivity contribution is 6.01. The Morgan fingerprint density at radius 1 is 1.09 bits per heavy atom. The Labute approximate surface area is 185 Å². The zero-order valence-corrected chi connectivity index (χ0v) is 17.9. The number of esters is 1. The molecule has 9 heteroatoms. The van der Waals surface area contributed by atoms with Gasteiger partial charge < -0.3 is 19.7 Å². The van der Waals surface area contributed by atoms with Crippen LogP contribution in [0.4, 0.5) is 10.5 Å². The summed E-state index contributed by atoms with van der Waals surface area (Å²) in [7, 11) is 1.50. The van der Waals surface area contributed by atoms with E-state index in [4.69, 9.17) is 9.47 Å². The Bertz CT molecular complexity index is 994. The molecule has 2 N–H and O–H groups in total. The number of imide groups is 1. The summed E-state index contributed by atoms with van der Waals surface area (Å²) in [6.07, 6.45) is -1.23. The van der Waals surface area contributed by atoms with Crippen LogP contribution in [0.25, 0.3) is 0 Å². The molecule has 168 valence electrons. The summed E-state index contributed by atoms with van der Waals surface area (Å²) in [6.45, 7) is 1.73. The van der Waals surface area contributed by atoms with E-state index in [1.807, 2.05) is 30.3 Å². The molecule has 0 aromatic heterocycles. The van der Waals surface area contributed by atoms with Crippen LogP contribution in [0.1, 0.15) is 18.9 Å². The molecule has 4 amide bonds. The average molecular weight is 439 g/mol. The molecular formula is C23H25N3O6. The number of amides is 4. The minimum Gasteiger partial charge on any atom is -0.495 e. The molecular weight excluding hydrogens is 414 g/mol.